The topological polar surface area (TPSA) is 133 Å². The van der Waals surface area contributed by atoms with Gasteiger partial charge in [-0.2, -0.15) is 5.10 Å². The summed E-state index contributed by atoms with van der Waals surface area (Å²) in [5.74, 6) is -0.173. The lowest BCUT2D eigenvalue weighted by atomic mass is 10.1. The Morgan fingerprint density at radius 1 is 1.50 bits per heavy atom. The van der Waals surface area contributed by atoms with Gasteiger partial charge in [-0.3, -0.25) is 9.82 Å². The van der Waals surface area contributed by atoms with Crippen LogP contribution in [-0.2, 0) is 10.0 Å². The molecule has 0 aliphatic carbocycles. The van der Waals surface area contributed by atoms with Crippen LogP contribution in [0.2, 0.25) is 0 Å². The number of sulfonamides is 1. The number of benzene rings is 1. The Bertz CT molecular complexity index is 737. The molecule has 1 aromatic carbocycles. The number of H-pyrrole nitrogens is 1. The number of hydrogen-bond acceptors (Lipinski definition) is 5. The van der Waals surface area contributed by atoms with Gasteiger partial charge in [0.25, 0.3) is 10.0 Å². The van der Waals surface area contributed by atoms with Gasteiger partial charge in [-0.15, -0.1) is 0 Å². The van der Waals surface area contributed by atoms with Crippen LogP contribution in [-0.4, -0.2) is 29.7 Å². The van der Waals surface area contributed by atoms with Gasteiger partial charge in [-0.25, -0.2) is 8.42 Å². The maximum absolute atomic E-state index is 12.1. The molecule has 0 aliphatic rings. The number of anilines is 1. The van der Waals surface area contributed by atoms with Crippen molar-refractivity contribution in [3.8, 4) is 0 Å². The Labute approximate surface area is 115 Å². The number of nitrogens with zero attached hydrogens (tertiary/aromatic N) is 2. The van der Waals surface area contributed by atoms with Crippen molar-refractivity contribution in [1.82, 2.24) is 10.2 Å². The Balaban J connectivity index is 2.48. The maximum atomic E-state index is 12.1. The molecule has 5 N–H and O–H groups in total. The van der Waals surface area contributed by atoms with Crippen LogP contribution in [0.5, 0.6) is 0 Å². The standard InChI is InChI=1S/C11H13N5O3S/c1-7-3-2-4-9(10(7)11(12)15-17)16-20(18,19)8-5-13-14-6-8/h2-6,16-17H,1H3,(H2,12,15)(H,13,14). The minimum absolute atomic E-state index is 0.00975. The Morgan fingerprint density at radius 3 is 2.85 bits per heavy atom. The van der Waals surface area contributed by atoms with Gasteiger partial charge in [-0.1, -0.05) is 17.3 Å². The summed E-state index contributed by atoms with van der Waals surface area (Å²) in [5, 5.41) is 17.7. The van der Waals surface area contributed by atoms with Crippen molar-refractivity contribution in [1.29, 1.82) is 0 Å². The van der Waals surface area contributed by atoms with E-state index in [0.29, 0.717) is 11.1 Å². The molecular weight excluding hydrogens is 282 g/mol. The van der Waals surface area contributed by atoms with Crippen molar-refractivity contribution in [3.05, 3.63) is 41.7 Å². The summed E-state index contributed by atoms with van der Waals surface area (Å²) in [6.07, 6.45) is 2.43. The van der Waals surface area contributed by atoms with E-state index in [2.05, 4.69) is 20.1 Å². The maximum Gasteiger partial charge on any atom is 0.265 e. The van der Waals surface area contributed by atoms with E-state index in [4.69, 9.17) is 10.9 Å². The number of hydrogen-bond donors (Lipinski definition) is 4. The van der Waals surface area contributed by atoms with Crippen molar-refractivity contribution in [3.63, 3.8) is 0 Å². The third-order valence-corrected chi connectivity index (χ3v) is 4.00. The first-order valence-electron chi connectivity index (χ1n) is 5.55. The molecule has 0 bridgehead atoms. The number of rotatable bonds is 4. The number of oxime groups is 1. The normalized spacial score (nSPS) is 12.3. The highest BCUT2D eigenvalue weighted by molar-refractivity contribution is 7.92. The van der Waals surface area contributed by atoms with Crippen LogP contribution in [0.25, 0.3) is 0 Å². The molecule has 106 valence electrons. The summed E-state index contributed by atoms with van der Waals surface area (Å²) in [4.78, 5) is -0.00975. The van der Waals surface area contributed by atoms with Crippen LogP contribution in [0.3, 0.4) is 0 Å². The lowest BCUT2D eigenvalue weighted by Gasteiger charge is -2.13. The fraction of sp³-hybridized carbons (Fsp3) is 0.0909. The number of aryl methyl sites for hydroxylation is 1. The summed E-state index contributed by atoms with van der Waals surface area (Å²) in [6.45, 7) is 1.73. The summed E-state index contributed by atoms with van der Waals surface area (Å²) < 4.78 is 26.6. The predicted octanol–water partition coefficient (Wildman–Crippen LogP) is 0.613. The van der Waals surface area contributed by atoms with Crippen LogP contribution in [0.4, 0.5) is 5.69 Å². The first kappa shape index (κ1) is 13.9. The van der Waals surface area contributed by atoms with Crippen LogP contribution in [0.1, 0.15) is 11.1 Å². The lowest BCUT2D eigenvalue weighted by molar-refractivity contribution is 0.318. The number of aromatic amines is 1. The second-order valence-corrected chi connectivity index (χ2v) is 5.70. The van der Waals surface area contributed by atoms with Crippen LogP contribution < -0.4 is 10.5 Å². The van der Waals surface area contributed by atoms with Crippen LogP contribution in [0, 0.1) is 6.92 Å². The van der Waals surface area contributed by atoms with Gasteiger partial charge < -0.3 is 10.9 Å². The summed E-state index contributed by atoms with van der Waals surface area (Å²) in [6, 6.07) is 4.91. The fourth-order valence-electron chi connectivity index (χ4n) is 1.73. The molecule has 1 heterocycles. The molecule has 1 aromatic heterocycles. The largest absolute Gasteiger partial charge is 0.409 e. The first-order chi connectivity index (χ1) is 9.45. The Kier molecular flexibility index (Phi) is 3.61. The van der Waals surface area contributed by atoms with Crippen LogP contribution in [0.15, 0.2) is 40.6 Å². The second kappa shape index (κ2) is 5.21. The average Bonchev–Trinajstić information content (AvgIpc) is 2.92. The Morgan fingerprint density at radius 2 is 2.25 bits per heavy atom. The van der Waals surface area contributed by atoms with Gasteiger partial charge in [0, 0.05) is 11.8 Å². The van der Waals surface area contributed by atoms with E-state index in [1.54, 1.807) is 19.1 Å². The molecule has 0 saturated carbocycles. The monoisotopic (exact) mass is 295 g/mol. The molecular formula is C11H13N5O3S. The highest BCUT2D eigenvalue weighted by Gasteiger charge is 2.19. The van der Waals surface area contributed by atoms with Gasteiger partial charge in [0.2, 0.25) is 0 Å². The molecule has 8 nitrogen and oxygen atoms in total. The molecule has 0 atom stereocenters. The number of nitrogens with two attached hydrogens (primary N) is 1. The molecule has 0 unspecified atom stereocenters. The quantitative estimate of drug-likeness (QED) is 0.284. The van der Waals surface area contributed by atoms with Crippen molar-refractivity contribution in [2.24, 2.45) is 10.9 Å². The molecule has 9 heteroatoms. The number of nitrogens with one attached hydrogen (secondary N) is 2. The average molecular weight is 295 g/mol. The smallest absolute Gasteiger partial charge is 0.265 e. The van der Waals surface area contributed by atoms with Gasteiger partial charge in [0.15, 0.2) is 5.84 Å². The summed E-state index contributed by atoms with van der Waals surface area (Å²) in [7, 11) is -3.79. The highest BCUT2D eigenvalue weighted by Crippen LogP contribution is 2.22. The third-order valence-electron chi connectivity index (χ3n) is 2.66. The molecule has 2 aromatic rings. The molecule has 20 heavy (non-hydrogen) atoms. The molecule has 0 saturated heterocycles. The molecule has 0 fully saturated rings. The van der Waals surface area contributed by atoms with Gasteiger partial charge in [0.05, 0.1) is 11.9 Å². The minimum Gasteiger partial charge on any atom is -0.409 e. The zero-order valence-corrected chi connectivity index (χ0v) is 11.3. The molecule has 2 rings (SSSR count). The Hall–Kier alpha value is -2.55. The van der Waals surface area contributed by atoms with E-state index in [1.807, 2.05) is 0 Å². The van der Waals surface area contributed by atoms with Gasteiger partial charge >= 0.3 is 0 Å². The van der Waals surface area contributed by atoms with Crippen molar-refractivity contribution in [2.45, 2.75) is 11.8 Å². The van der Waals surface area contributed by atoms with E-state index in [9.17, 15) is 8.42 Å². The number of aromatic nitrogens is 2. The van der Waals surface area contributed by atoms with E-state index in [-0.39, 0.29) is 16.4 Å². The number of amidine groups is 1. The van der Waals surface area contributed by atoms with Gasteiger partial charge in [0.1, 0.15) is 4.90 Å². The van der Waals surface area contributed by atoms with E-state index < -0.39 is 10.0 Å². The van der Waals surface area contributed by atoms with Crippen LogP contribution >= 0.6 is 0 Å². The van der Waals surface area contributed by atoms with Crippen molar-refractivity contribution < 1.29 is 13.6 Å². The second-order valence-electron chi connectivity index (χ2n) is 4.02. The first-order valence-corrected chi connectivity index (χ1v) is 7.03. The SMILES string of the molecule is Cc1cccc(NS(=O)(=O)c2cn[nH]c2)c1/C(N)=N/O. The van der Waals surface area contributed by atoms with E-state index in [0.717, 1.165) is 0 Å². The van der Waals surface area contributed by atoms with Crippen molar-refractivity contribution in [2.75, 3.05) is 4.72 Å². The predicted molar refractivity (Wildman–Crippen MR) is 73.1 cm³/mol. The van der Waals surface area contributed by atoms with E-state index >= 15 is 0 Å². The highest BCUT2D eigenvalue weighted by atomic mass is 32.2. The molecule has 0 amide bonds. The molecule has 0 radical (unpaired) electrons. The van der Waals surface area contributed by atoms with Gasteiger partial charge in [-0.05, 0) is 18.6 Å². The summed E-state index contributed by atoms with van der Waals surface area (Å²) in [5.41, 5.74) is 6.80. The molecule has 0 spiro atoms. The minimum atomic E-state index is -3.79. The zero-order chi connectivity index (χ0) is 14.8. The fourth-order valence-corrected chi connectivity index (χ4v) is 2.71. The van der Waals surface area contributed by atoms with E-state index in [1.165, 1.54) is 18.5 Å². The molecule has 0 aliphatic heterocycles. The zero-order valence-electron chi connectivity index (χ0n) is 10.5. The lowest BCUT2D eigenvalue weighted by Crippen LogP contribution is -2.20. The van der Waals surface area contributed by atoms with Crippen molar-refractivity contribution >= 4 is 21.5 Å². The summed E-state index contributed by atoms with van der Waals surface area (Å²) >= 11 is 0. The third kappa shape index (κ3) is 2.57.